The van der Waals surface area contributed by atoms with Crippen LogP contribution in [0.4, 0.5) is 17.1 Å². The van der Waals surface area contributed by atoms with E-state index >= 15 is 0 Å². The van der Waals surface area contributed by atoms with Gasteiger partial charge < -0.3 is 9.73 Å². The van der Waals surface area contributed by atoms with Gasteiger partial charge in [-0.05, 0) is 41.1 Å². The summed E-state index contributed by atoms with van der Waals surface area (Å²) >= 11 is 0. The Labute approximate surface area is 190 Å². The predicted octanol–water partition coefficient (Wildman–Crippen LogP) is 5.72. The number of nitro benzene ring substituents is 2. The Morgan fingerprint density at radius 2 is 1.68 bits per heavy atom. The van der Waals surface area contributed by atoms with Crippen molar-refractivity contribution in [3.8, 4) is 11.5 Å². The van der Waals surface area contributed by atoms with Crippen molar-refractivity contribution in [1.29, 1.82) is 0 Å². The quantitative estimate of drug-likeness (QED) is 0.264. The van der Waals surface area contributed by atoms with Crippen LogP contribution >= 0.6 is 0 Å². The normalized spacial score (nSPS) is 10.9. The molecule has 1 aromatic heterocycles. The first-order valence-electron chi connectivity index (χ1n) is 10.0. The average Bonchev–Trinajstić information content (AvgIpc) is 3.26. The molecular formula is C24H14N4O6. The number of oxazole rings is 1. The Kier molecular flexibility index (Phi) is 4.94. The highest BCUT2D eigenvalue weighted by Gasteiger charge is 2.24. The molecule has 166 valence electrons. The second-order valence-electron chi connectivity index (χ2n) is 7.40. The van der Waals surface area contributed by atoms with E-state index in [0.717, 1.165) is 34.5 Å². The largest absolute Gasteiger partial charge is 0.436 e. The van der Waals surface area contributed by atoms with Crippen LogP contribution in [0, 0.1) is 20.2 Å². The number of hydrogen-bond acceptors (Lipinski definition) is 7. The summed E-state index contributed by atoms with van der Waals surface area (Å²) in [5, 5.41) is 26.9. The first-order valence-corrected chi connectivity index (χ1v) is 10.0. The molecule has 4 aromatic carbocycles. The molecule has 0 unspecified atom stereocenters. The maximum Gasteiger partial charge on any atom is 0.289 e. The predicted molar refractivity (Wildman–Crippen MR) is 125 cm³/mol. The van der Waals surface area contributed by atoms with Crippen molar-refractivity contribution in [3.05, 3.63) is 105 Å². The van der Waals surface area contributed by atoms with E-state index in [0.29, 0.717) is 22.7 Å². The van der Waals surface area contributed by atoms with Crippen LogP contribution < -0.4 is 5.32 Å². The van der Waals surface area contributed by atoms with Crippen LogP contribution in [0.5, 0.6) is 0 Å². The first-order chi connectivity index (χ1) is 16.4. The average molecular weight is 454 g/mol. The van der Waals surface area contributed by atoms with Gasteiger partial charge in [0.05, 0.1) is 15.9 Å². The van der Waals surface area contributed by atoms with E-state index in [2.05, 4.69) is 10.3 Å². The minimum Gasteiger partial charge on any atom is -0.436 e. The van der Waals surface area contributed by atoms with Crippen LogP contribution in [-0.4, -0.2) is 20.7 Å². The number of carbonyl (C=O) groups excluding carboxylic acids is 1. The van der Waals surface area contributed by atoms with Crippen molar-refractivity contribution in [3.63, 3.8) is 0 Å². The van der Waals surface area contributed by atoms with Gasteiger partial charge in [0, 0.05) is 17.3 Å². The lowest BCUT2D eigenvalue weighted by atomic mass is 10.0. The summed E-state index contributed by atoms with van der Waals surface area (Å²) in [6.07, 6.45) is 0. The van der Waals surface area contributed by atoms with Crippen molar-refractivity contribution >= 4 is 44.8 Å². The van der Waals surface area contributed by atoms with E-state index in [-0.39, 0.29) is 5.56 Å². The number of nitrogens with zero attached hydrogens (tertiary/aromatic N) is 3. The van der Waals surface area contributed by atoms with E-state index in [1.165, 1.54) is 0 Å². The van der Waals surface area contributed by atoms with Gasteiger partial charge in [-0.15, -0.1) is 0 Å². The maximum atomic E-state index is 12.7. The Bertz CT molecular complexity index is 1620. The molecule has 0 aliphatic heterocycles. The lowest BCUT2D eigenvalue weighted by molar-refractivity contribution is -0.394. The number of carbonyl (C=O) groups is 1. The highest BCUT2D eigenvalue weighted by molar-refractivity contribution is 6.08. The second kappa shape index (κ2) is 8.10. The molecule has 0 saturated heterocycles. The van der Waals surface area contributed by atoms with Gasteiger partial charge in [0.1, 0.15) is 11.1 Å². The molecule has 5 rings (SSSR count). The van der Waals surface area contributed by atoms with Crippen LogP contribution in [-0.2, 0) is 0 Å². The molecule has 1 amide bonds. The number of nitro groups is 2. The summed E-state index contributed by atoms with van der Waals surface area (Å²) in [4.78, 5) is 37.9. The highest BCUT2D eigenvalue weighted by atomic mass is 16.6. The van der Waals surface area contributed by atoms with Gasteiger partial charge in [-0.25, -0.2) is 4.98 Å². The van der Waals surface area contributed by atoms with Crippen LogP contribution in [0.2, 0.25) is 0 Å². The van der Waals surface area contributed by atoms with Crippen LogP contribution in [0.25, 0.3) is 33.3 Å². The van der Waals surface area contributed by atoms with E-state index in [9.17, 15) is 25.0 Å². The molecule has 0 radical (unpaired) electrons. The monoisotopic (exact) mass is 454 g/mol. The number of fused-ring (bicyclic) bond motifs is 2. The van der Waals surface area contributed by atoms with E-state index < -0.39 is 27.1 Å². The number of nitrogens with one attached hydrogen (secondary N) is 1. The van der Waals surface area contributed by atoms with Gasteiger partial charge in [0.2, 0.25) is 5.89 Å². The molecule has 0 aliphatic rings. The van der Waals surface area contributed by atoms with Crippen LogP contribution in [0.15, 0.2) is 83.3 Å². The molecule has 0 aliphatic carbocycles. The zero-order valence-corrected chi connectivity index (χ0v) is 17.3. The number of aromatic nitrogens is 1. The molecule has 5 aromatic rings. The first kappa shape index (κ1) is 20.8. The SMILES string of the molecule is O=C(Nc1ccc2oc(-c3cccc4ccccc34)nc2c1)c1ccc([N+](=O)[O-])cc1[N+](=O)[O-]. The van der Waals surface area contributed by atoms with Crippen LogP contribution in [0.3, 0.4) is 0 Å². The fourth-order valence-electron chi connectivity index (χ4n) is 3.71. The Balaban J connectivity index is 1.47. The summed E-state index contributed by atoms with van der Waals surface area (Å²) in [5.41, 5.74) is 0.707. The molecule has 1 N–H and O–H groups in total. The third-order valence-corrected chi connectivity index (χ3v) is 5.30. The van der Waals surface area contributed by atoms with E-state index in [4.69, 9.17) is 4.42 Å². The number of benzene rings is 4. The third kappa shape index (κ3) is 3.69. The van der Waals surface area contributed by atoms with Crippen molar-refractivity contribution < 1.29 is 19.1 Å². The number of hydrogen-bond donors (Lipinski definition) is 1. The fourth-order valence-corrected chi connectivity index (χ4v) is 3.71. The Morgan fingerprint density at radius 3 is 2.47 bits per heavy atom. The van der Waals surface area contributed by atoms with Gasteiger partial charge in [-0.1, -0.05) is 36.4 Å². The summed E-state index contributed by atoms with van der Waals surface area (Å²) in [5.74, 6) is -0.361. The minimum absolute atomic E-state index is 0.299. The van der Waals surface area contributed by atoms with Crippen molar-refractivity contribution in [1.82, 2.24) is 4.98 Å². The number of rotatable bonds is 5. The molecular weight excluding hydrogens is 440 g/mol. The second-order valence-corrected chi connectivity index (χ2v) is 7.40. The lowest BCUT2D eigenvalue weighted by Gasteiger charge is -2.05. The summed E-state index contributed by atoms with van der Waals surface area (Å²) in [7, 11) is 0. The molecule has 0 fully saturated rings. The Morgan fingerprint density at radius 1 is 0.882 bits per heavy atom. The van der Waals surface area contributed by atoms with Gasteiger partial charge in [0.15, 0.2) is 5.58 Å². The standard InChI is InChI=1S/C24H14N4O6/c29-23(19-10-9-16(27(30)31)13-21(19)28(32)33)25-15-8-11-22-20(12-15)26-24(34-22)18-7-3-5-14-4-1-2-6-17(14)18/h1-13H,(H,25,29). The summed E-state index contributed by atoms with van der Waals surface area (Å²) in [6, 6.07) is 21.3. The number of amides is 1. The fraction of sp³-hybridized carbons (Fsp3) is 0. The number of non-ortho nitro benzene ring substituents is 1. The van der Waals surface area contributed by atoms with Gasteiger partial charge in [0.25, 0.3) is 17.3 Å². The van der Waals surface area contributed by atoms with E-state index in [1.54, 1.807) is 18.2 Å². The molecule has 0 saturated carbocycles. The molecule has 0 spiro atoms. The van der Waals surface area contributed by atoms with Crippen molar-refractivity contribution in [2.75, 3.05) is 5.32 Å². The number of anilines is 1. The molecule has 10 nitrogen and oxygen atoms in total. The molecule has 1 heterocycles. The summed E-state index contributed by atoms with van der Waals surface area (Å²) < 4.78 is 5.92. The highest BCUT2D eigenvalue weighted by Crippen LogP contribution is 2.32. The zero-order valence-electron chi connectivity index (χ0n) is 17.3. The van der Waals surface area contributed by atoms with Gasteiger partial charge >= 0.3 is 0 Å². The van der Waals surface area contributed by atoms with E-state index in [1.807, 2.05) is 42.5 Å². The molecule has 10 heteroatoms. The molecule has 0 bridgehead atoms. The molecule has 34 heavy (non-hydrogen) atoms. The lowest BCUT2D eigenvalue weighted by Crippen LogP contribution is -2.14. The summed E-state index contributed by atoms with van der Waals surface area (Å²) in [6.45, 7) is 0. The van der Waals surface area contributed by atoms with Crippen molar-refractivity contribution in [2.24, 2.45) is 0 Å². The van der Waals surface area contributed by atoms with Gasteiger partial charge in [-0.2, -0.15) is 0 Å². The minimum atomic E-state index is -0.834. The smallest absolute Gasteiger partial charge is 0.289 e. The third-order valence-electron chi connectivity index (χ3n) is 5.30. The van der Waals surface area contributed by atoms with Crippen LogP contribution in [0.1, 0.15) is 10.4 Å². The maximum absolute atomic E-state index is 12.7. The zero-order chi connectivity index (χ0) is 23.8. The topological polar surface area (TPSA) is 141 Å². The van der Waals surface area contributed by atoms with Gasteiger partial charge in [-0.3, -0.25) is 25.0 Å². The molecule has 0 atom stereocenters. The Hall–Kier alpha value is -5.12. The van der Waals surface area contributed by atoms with Crippen molar-refractivity contribution in [2.45, 2.75) is 0 Å².